The average molecular weight is 386 g/mol. The minimum atomic E-state index is -3.68. The Balaban J connectivity index is 1.60. The Hall–Kier alpha value is -2.84. The van der Waals surface area contributed by atoms with E-state index < -0.39 is 10.0 Å². The molecule has 2 aromatic carbocycles. The van der Waals surface area contributed by atoms with E-state index in [1.807, 2.05) is 31.2 Å². The normalized spacial score (nSPS) is 12.3. The summed E-state index contributed by atoms with van der Waals surface area (Å²) in [5.74, 6) is 1.47. The van der Waals surface area contributed by atoms with Crippen molar-refractivity contribution in [2.24, 2.45) is 10.1 Å². The Bertz CT molecular complexity index is 1070. The second-order valence-electron chi connectivity index (χ2n) is 6.11. The third-order valence-electron chi connectivity index (χ3n) is 4.29. The van der Waals surface area contributed by atoms with E-state index in [9.17, 15) is 8.42 Å². The molecule has 0 saturated carbocycles. The van der Waals surface area contributed by atoms with Crippen LogP contribution in [0.2, 0.25) is 0 Å². The van der Waals surface area contributed by atoms with Gasteiger partial charge in [0.15, 0.2) is 5.96 Å². The molecule has 27 heavy (non-hydrogen) atoms. The third kappa shape index (κ3) is 4.47. The molecule has 0 aliphatic carbocycles. The van der Waals surface area contributed by atoms with Gasteiger partial charge in [0, 0.05) is 24.5 Å². The number of rotatable bonds is 5. The highest BCUT2D eigenvalue weighted by molar-refractivity contribution is 7.89. The van der Waals surface area contributed by atoms with Gasteiger partial charge in [-0.2, -0.15) is 0 Å². The van der Waals surface area contributed by atoms with Crippen molar-refractivity contribution < 1.29 is 12.8 Å². The van der Waals surface area contributed by atoms with Crippen molar-refractivity contribution in [2.45, 2.75) is 24.9 Å². The van der Waals surface area contributed by atoms with E-state index in [0.717, 1.165) is 27.9 Å². The Kier molecular flexibility index (Phi) is 5.48. The van der Waals surface area contributed by atoms with E-state index in [0.29, 0.717) is 19.0 Å². The number of primary sulfonamides is 1. The molecule has 0 amide bonds. The number of nitrogens with two attached hydrogens (primary N) is 1. The summed E-state index contributed by atoms with van der Waals surface area (Å²) in [5, 5.41) is 12.6. The van der Waals surface area contributed by atoms with Crippen LogP contribution in [0.3, 0.4) is 0 Å². The number of para-hydroxylation sites is 1. The van der Waals surface area contributed by atoms with Crippen LogP contribution in [-0.2, 0) is 23.1 Å². The van der Waals surface area contributed by atoms with Crippen molar-refractivity contribution in [1.82, 2.24) is 10.6 Å². The Morgan fingerprint density at radius 2 is 1.74 bits per heavy atom. The lowest BCUT2D eigenvalue weighted by Crippen LogP contribution is -2.36. The molecule has 3 aromatic rings. The first-order valence-corrected chi connectivity index (χ1v) is 9.96. The van der Waals surface area contributed by atoms with Gasteiger partial charge in [-0.05, 0) is 30.7 Å². The lowest BCUT2D eigenvalue weighted by molar-refractivity contribution is 0.534. The molecule has 0 aliphatic rings. The predicted molar refractivity (Wildman–Crippen MR) is 106 cm³/mol. The van der Waals surface area contributed by atoms with Gasteiger partial charge in [0.05, 0.1) is 11.4 Å². The summed E-state index contributed by atoms with van der Waals surface area (Å²) >= 11 is 0. The molecular formula is C19H22N4O3S. The van der Waals surface area contributed by atoms with Crippen molar-refractivity contribution in [3.63, 3.8) is 0 Å². The molecule has 8 heteroatoms. The highest BCUT2D eigenvalue weighted by Crippen LogP contribution is 2.24. The van der Waals surface area contributed by atoms with Crippen molar-refractivity contribution >= 4 is 27.0 Å². The molecule has 7 nitrogen and oxygen atoms in total. The molecule has 4 N–H and O–H groups in total. The number of sulfonamides is 1. The minimum Gasteiger partial charge on any atom is -0.459 e. The van der Waals surface area contributed by atoms with Crippen LogP contribution in [0, 0.1) is 6.92 Å². The van der Waals surface area contributed by atoms with Crippen LogP contribution in [0.5, 0.6) is 0 Å². The van der Waals surface area contributed by atoms with Crippen LogP contribution >= 0.6 is 0 Å². The molecule has 0 spiro atoms. The zero-order valence-corrected chi connectivity index (χ0v) is 16.0. The number of hydrogen-bond acceptors (Lipinski definition) is 4. The standard InChI is InChI=1S/C19H22N4O3S/c1-13-16-5-3-4-6-17(16)26-18(13)12-23-19(21-2)22-11-14-7-9-15(10-8-14)27(20,24)25/h3-10H,11-12H2,1-2H3,(H2,20,24,25)(H2,21,22,23). The monoisotopic (exact) mass is 386 g/mol. The van der Waals surface area contributed by atoms with Gasteiger partial charge < -0.3 is 15.1 Å². The maximum Gasteiger partial charge on any atom is 0.238 e. The van der Waals surface area contributed by atoms with Gasteiger partial charge >= 0.3 is 0 Å². The van der Waals surface area contributed by atoms with Crippen LogP contribution in [0.25, 0.3) is 11.0 Å². The number of nitrogens with zero attached hydrogens (tertiary/aromatic N) is 1. The summed E-state index contributed by atoms with van der Waals surface area (Å²) in [6.45, 7) is 3.03. The largest absolute Gasteiger partial charge is 0.459 e. The number of benzene rings is 2. The van der Waals surface area contributed by atoms with Crippen LogP contribution in [-0.4, -0.2) is 21.4 Å². The molecule has 0 bridgehead atoms. The van der Waals surface area contributed by atoms with Gasteiger partial charge in [-0.15, -0.1) is 0 Å². The Labute approximate surface area is 158 Å². The van der Waals surface area contributed by atoms with Crippen LogP contribution in [0.4, 0.5) is 0 Å². The molecule has 1 aromatic heterocycles. The molecule has 0 saturated heterocycles. The van der Waals surface area contributed by atoms with Crippen molar-refractivity contribution in [3.8, 4) is 0 Å². The summed E-state index contributed by atoms with van der Waals surface area (Å²) in [6, 6.07) is 14.3. The molecule has 0 fully saturated rings. The summed E-state index contributed by atoms with van der Waals surface area (Å²) in [7, 11) is -1.99. The minimum absolute atomic E-state index is 0.0918. The molecule has 0 unspecified atom stereocenters. The van der Waals surface area contributed by atoms with Crippen molar-refractivity contribution in [1.29, 1.82) is 0 Å². The fraction of sp³-hybridized carbons (Fsp3) is 0.211. The fourth-order valence-corrected chi connectivity index (χ4v) is 3.28. The number of aliphatic imine (C=N–C) groups is 1. The smallest absolute Gasteiger partial charge is 0.238 e. The second kappa shape index (κ2) is 7.81. The molecule has 1 heterocycles. The molecular weight excluding hydrogens is 364 g/mol. The first-order chi connectivity index (χ1) is 12.9. The number of fused-ring (bicyclic) bond motifs is 1. The van der Waals surface area contributed by atoms with Crippen LogP contribution < -0.4 is 15.8 Å². The van der Waals surface area contributed by atoms with E-state index >= 15 is 0 Å². The summed E-state index contributed by atoms with van der Waals surface area (Å²) in [4.78, 5) is 4.29. The van der Waals surface area contributed by atoms with Gasteiger partial charge in [-0.1, -0.05) is 30.3 Å². The summed E-state index contributed by atoms with van der Waals surface area (Å²) in [6.07, 6.45) is 0. The zero-order valence-electron chi connectivity index (χ0n) is 15.2. The number of nitrogens with one attached hydrogen (secondary N) is 2. The highest BCUT2D eigenvalue weighted by Gasteiger charge is 2.10. The lowest BCUT2D eigenvalue weighted by Gasteiger charge is -2.11. The van der Waals surface area contributed by atoms with Gasteiger partial charge in [-0.25, -0.2) is 13.6 Å². The lowest BCUT2D eigenvalue weighted by atomic mass is 10.1. The molecule has 0 radical (unpaired) electrons. The topological polar surface area (TPSA) is 110 Å². The molecule has 0 aliphatic heterocycles. The fourth-order valence-electron chi connectivity index (χ4n) is 2.76. The number of guanidine groups is 1. The van der Waals surface area contributed by atoms with Crippen LogP contribution in [0.15, 0.2) is 62.8 Å². The zero-order chi connectivity index (χ0) is 19.4. The second-order valence-corrected chi connectivity index (χ2v) is 7.68. The van der Waals surface area contributed by atoms with E-state index in [4.69, 9.17) is 9.56 Å². The van der Waals surface area contributed by atoms with E-state index in [1.54, 1.807) is 19.2 Å². The summed E-state index contributed by atoms with van der Waals surface area (Å²) < 4.78 is 28.5. The molecule has 0 atom stereocenters. The molecule has 3 rings (SSSR count). The maximum absolute atomic E-state index is 11.3. The maximum atomic E-state index is 11.3. The third-order valence-corrected chi connectivity index (χ3v) is 5.22. The van der Waals surface area contributed by atoms with E-state index in [2.05, 4.69) is 15.6 Å². The number of aryl methyl sites for hydroxylation is 1. The van der Waals surface area contributed by atoms with E-state index in [1.165, 1.54) is 12.1 Å². The van der Waals surface area contributed by atoms with Gasteiger partial charge in [0.2, 0.25) is 10.0 Å². The number of furan rings is 1. The first kappa shape index (κ1) is 18.9. The SMILES string of the molecule is CN=C(NCc1ccc(S(N)(=O)=O)cc1)NCc1oc2ccccc2c1C. The van der Waals surface area contributed by atoms with Gasteiger partial charge in [-0.3, -0.25) is 4.99 Å². The first-order valence-electron chi connectivity index (χ1n) is 8.42. The predicted octanol–water partition coefficient (Wildman–Crippen LogP) is 2.25. The highest BCUT2D eigenvalue weighted by atomic mass is 32.2. The van der Waals surface area contributed by atoms with E-state index in [-0.39, 0.29) is 4.90 Å². The Morgan fingerprint density at radius 1 is 1.07 bits per heavy atom. The van der Waals surface area contributed by atoms with Gasteiger partial charge in [0.1, 0.15) is 11.3 Å². The van der Waals surface area contributed by atoms with Gasteiger partial charge in [0.25, 0.3) is 0 Å². The summed E-state index contributed by atoms with van der Waals surface area (Å²) in [5.41, 5.74) is 2.88. The average Bonchev–Trinajstić information content (AvgIpc) is 2.98. The Morgan fingerprint density at radius 3 is 2.37 bits per heavy atom. The molecule has 142 valence electrons. The van der Waals surface area contributed by atoms with Crippen molar-refractivity contribution in [3.05, 3.63) is 65.4 Å². The quantitative estimate of drug-likeness (QED) is 0.460. The van der Waals surface area contributed by atoms with Crippen molar-refractivity contribution in [2.75, 3.05) is 7.05 Å². The number of hydrogen-bond donors (Lipinski definition) is 3. The van der Waals surface area contributed by atoms with Crippen LogP contribution in [0.1, 0.15) is 16.9 Å².